The number of carbonyl (C=O) groups is 2. The summed E-state index contributed by atoms with van der Waals surface area (Å²) in [7, 11) is 0. The molecular weight excluding hydrogens is 288 g/mol. The highest BCUT2D eigenvalue weighted by molar-refractivity contribution is 5.97. The van der Waals surface area contributed by atoms with E-state index in [0.29, 0.717) is 12.6 Å². The van der Waals surface area contributed by atoms with Crippen molar-refractivity contribution in [3.8, 4) is 0 Å². The van der Waals surface area contributed by atoms with Crippen LogP contribution in [-0.4, -0.2) is 42.3 Å². The Hall–Kier alpha value is -1.68. The molecule has 1 amide bonds. The first kappa shape index (κ1) is 16.2. The van der Waals surface area contributed by atoms with Crippen molar-refractivity contribution in [2.24, 2.45) is 5.92 Å². The molecule has 1 aromatic rings. The predicted octanol–water partition coefficient (Wildman–Crippen LogP) is 2.64. The predicted molar refractivity (Wildman–Crippen MR) is 90.3 cm³/mol. The maximum atomic E-state index is 12.5. The fraction of sp³-hybridized carbons (Fsp3) is 0.579. The monoisotopic (exact) mass is 314 g/mol. The van der Waals surface area contributed by atoms with Crippen molar-refractivity contribution in [3.05, 3.63) is 35.9 Å². The highest BCUT2D eigenvalue weighted by Crippen LogP contribution is 2.22. The number of amides is 1. The summed E-state index contributed by atoms with van der Waals surface area (Å²) in [6.45, 7) is 2.14. The SMILES string of the molecule is O=C(CN1CCC(C(=O)c2ccccc2)CC1)NC1CCCC1. The zero-order valence-electron chi connectivity index (χ0n) is 13.7. The van der Waals surface area contributed by atoms with E-state index in [1.807, 2.05) is 30.3 Å². The number of benzene rings is 1. The van der Waals surface area contributed by atoms with E-state index >= 15 is 0 Å². The Kier molecular flexibility index (Phi) is 5.44. The molecule has 0 spiro atoms. The Morgan fingerprint density at radius 1 is 1.00 bits per heavy atom. The number of nitrogens with zero attached hydrogens (tertiary/aromatic N) is 1. The lowest BCUT2D eigenvalue weighted by atomic mass is 9.89. The van der Waals surface area contributed by atoms with Gasteiger partial charge in [0.1, 0.15) is 0 Å². The van der Waals surface area contributed by atoms with E-state index in [9.17, 15) is 9.59 Å². The summed E-state index contributed by atoms with van der Waals surface area (Å²) >= 11 is 0. The van der Waals surface area contributed by atoms with Gasteiger partial charge < -0.3 is 5.32 Å². The number of piperidine rings is 1. The summed E-state index contributed by atoms with van der Waals surface area (Å²) in [4.78, 5) is 26.7. The van der Waals surface area contributed by atoms with Crippen molar-refractivity contribution in [2.45, 2.75) is 44.6 Å². The second kappa shape index (κ2) is 7.73. The Balaban J connectivity index is 1.43. The third-order valence-corrected chi connectivity index (χ3v) is 5.10. The molecule has 1 N–H and O–H groups in total. The van der Waals surface area contributed by atoms with Gasteiger partial charge in [0.05, 0.1) is 6.54 Å². The number of carbonyl (C=O) groups excluding carboxylic acids is 2. The topological polar surface area (TPSA) is 49.4 Å². The Morgan fingerprint density at radius 3 is 2.30 bits per heavy atom. The van der Waals surface area contributed by atoms with Gasteiger partial charge in [0, 0.05) is 17.5 Å². The third kappa shape index (κ3) is 4.41. The van der Waals surface area contributed by atoms with E-state index in [1.54, 1.807) is 0 Å². The lowest BCUT2D eigenvalue weighted by molar-refractivity contribution is -0.123. The van der Waals surface area contributed by atoms with Gasteiger partial charge in [-0.2, -0.15) is 0 Å². The van der Waals surface area contributed by atoms with Gasteiger partial charge in [0.25, 0.3) is 0 Å². The van der Waals surface area contributed by atoms with Crippen molar-refractivity contribution in [1.29, 1.82) is 0 Å². The summed E-state index contributed by atoms with van der Waals surface area (Å²) < 4.78 is 0. The Morgan fingerprint density at radius 2 is 1.65 bits per heavy atom. The van der Waals surface area contributed by atoms with Crippen LogP contribution < -0.4 is 5.32 Å². The quantitative estimate of drug-likeness (QED) is 0.850. The van der Waals surface area contributed by atoms with E-state index in [1.165, 1.54) is 12.8 Å². The number of rotatable bonds is 5. The number of Topliss-reactive ketones (excluding diaryl/α,β-unsaturated/α-hetero) is 1. The van der Waals surface area contributed by atoms with Crippen molar-refractivity contribution < 1.29 is 9.59 Å². The van der Waals surface area contributed by atoms with Crippen LogP contribution in [-0.2, 0) is 4.79 Å². The summed E-state index contributed by atoms with van der Waals surface area (Å²) in [6.07, 6.45) is 6.42. The van der Waals surface area contributed by atoms with Gasteiger partial charge in [-0.3, -0.25) is 14.5 Å². The Labute approximate surface area is 138 Å². The van der Waals surface area contributed by atoms with Gasteiger partial charge in [-0.25, -0.2) is 0 Å². The van der Waals surface area contributed by atoms with E-state index in [2.05, 4.69) is 10.2 Å². The number of hydrogen-bond donors (Lipinski definition) is 1. The number of ketones is 1. The van der Waals surface area contributed by atoms with Gasteiger partial charge in [0.15, 0.2) is 5.78 Å². The minimum absolute atomic E-state index is 0.103. The number of hydrogen-bond acceptors (Lipinski definition) is 3. The summed E-state index contributed by atoms with van der Waals surface area (Å²) in [6, 6.07) is 9.93. The third-order valence-electron chi connectivity index (χ3n) is 5.10. The summed E-state index contributed by atoms with van der Waals surface area (Å²) in [5, 5.41) is 3.14. The van der Waals surface area contributed by atoms with Gasteiger partial charge in [0.2, 0.25) is 5.91 Å². The highest BCUT2D eigenvalue weighted by Gasteiger charge is 2.27. The van der Waals surface area contributed by atoms with Crippen LogP contribution in [0.1, 0.15) is 48.9 Å². The largest absolute Gasteiger partial charge is 0.352 e. The molecule has 23 heavy (non-hydrogen) atoms. The zero-order valence-corrected chi connectivity index (χ0v) is 13.7. The average Bonchev–Trinajstić information content (AvgIpc) is 3.08. The molecule has 2 fully saturated rings. The molecule has 0 bridgehead atoms. The molecule has 0 radical (unpaired) electrons. The van der Waals surface area contributed by atoms with Crippen LogP contribution in [0.2, 0.25) is 0 Å². The molecule has 1 heterocycles. The highest BCUT2D eigenvalue weighted by atomic mass is 16.2. The molecule has 1 aliphatic carbocycles. The molecule has 1 saturated heterocycles. The first-order chi connectivity index (χ1) is 11.2. The molecule has 3 rings (SSSR count). The van der Waals surface area contributed by atoms with E-state index in [0.717, 1.165) is 44.3 Å². The van der Waals surface area contributed by atoms with Gasteiger partial charge >= 0.3 is 0 Å². The lowest BCUT2D eigenvalue weighted by Gasteiger charge is -2.31. The second-order valence-electron chi connectivity index (χ2n) is 6.83. The number of likely N-dealkylation sites (tertiary alicyclic amines) is 1. The number of nitrogens with one attached hydrogen (secondary N) is 1. The summed E-state index contributed by atoms with van der Waals surface area (Å²) in [5.41, 5.74) is 0.810. The molecule has 0 aromatic heterocycles. The van der Waals surface area contributed by atoms with Gasteiger partial charge in [-0.1, -0.05) is 43.2 Å². The first-order valence-corrected chi connectivity index (χ1v) is 8.83. The molecule has 1 aromatic carbocycles. The van der Waals surface area contributed by atoms with Crippen LogP contribution in [0.4, 0.5) is 0 Å². The minimum atomic E-state index is 0.103. The van der Waals surface area contributed by atoms with Crippen LogP contribution in [0, 0.1) is 5.92 Å². The normalized spacial score (nSPS) is 20.5. The van der Waals surface area contributed by atoms with Crippen LogP contribution in [0.5, 0.6) is 0 Å². The lowest BCUT2D eigenvalue weighted by Crippen LogP contribution is -2.44. The molecule has 0 unspecified atom stereocenters. The maximum Gasteiger partial charge on any atom is 0.234 e. The van der Waals surface area contributed by atoms with Gasteiger partial charge in [-0.05, 0) is 38.8 Å². The Bertz CT molecular complexity index is 530. The summed E-state index contributed by atoms with van der Waals surface area (Å²) in [5.74, 6) is 0.497. The molecule has 124 valence electrons. The van der Waals surface area contributed by atoms with Crippen LogP contribution >= 0.6 is 0 Å². The van der Waals surface area contributed by atoms with Crippen LogP contribution in [0.15, 0.2) is 30.3 Å². The van der Waals surface area contributed by atoms with Crippen molar-refractivity contribution in [2.75, 3.05) is 19.6 Å². The van der Waals surface area contributed by atoms with Crippen LogP contribution in [0.25, 0.3) is 0 Å². The second-order valence-corrected chi connectivity index (χ2v) is 6.83. The molecule has 1 saturated carbocycles. The standard InChI is InChI=1S/C19H26N2O2/c22-18(20-17-8-4-5-9-17)14-21-12-10-16(11-13-21)19(23)15-6-2-1-3-7-15/h1-3,6-7,16-17H,4-5,8-14H2,(H,20,22). The van der Waals surface area contributed by atoms with Crippen molar-refractivity contribution in [3.63, 3.8) is 0 Å². The fourth-order valence-electron chi connectivity index (χ4n) is 3.74. The van der Waals surface area contributed by atoms with Crippen LogP contribution in [0.3, 0.4) is 0 Å². The molecule has 4 nitrogen and oxygen atoms in total. The van der Waals surface area contributed by atoms with E-state index in [4.69, 9.17) is 0 Å². The van der Waals surface area contributed by atoms with Gasteiger partial charge in [-0.15, -0.1) is 0 Å². The zero-order chi connectivity index (χ0) is 16.1. The smallest absolute Gasteiger partial charge is 0.234 e. The van der Waals surface area contributed by atoms with Crippen molar-refractivity contribution >= 4 is 11.7 Å². The minimum Gasteiger partial charge on any atom is -0.352 e. The maximum absolute atomic E-state index is 12.5. The molecule has 4 heteroatoms. The van der Waals surface area contributed by atoms with E-state index in [-0.39, 0.29) is 17.6 Å². The molecular formula is C19H26N2O2. The van der Waals surface area contributed by atoms with E-state index < -0.39 is 0 Å². The van der Waals surface area contributed by atoms with Crippen molar-refractivity contribution in [1.82, 2.24) is 10.2 Å². The fourth-order valence-corrected chi connectivity index (χ4v) is 3.74. The molecule has 0 atom stereocenters. The average molecular weight is 314 g/mol. The first-order valence-electron chi connectivity index (χ1n) is 8.83. The molecule has 1 aliphatic heterocycles. The molecule has 2 aliphatic rings.